The summed E-state index contributed by atoms with van der Waals surface area (Å²) in [4.78, 5) is 11.9. The molecule has 0 bridgehead atoms. The average molecular weight is 316 g/mol. The first-order chi connectivity index (χ1) is 11.1. The van der Waals surface area contributed by atoms with Crippen molar-refractivity contribution in [1.82, 2.24) is 5.32 Å². The van der Waals surface area contributed by atoms with Gasteiger partial charge in [-0.15, -0.1) is 0 Å². The van der Waals surface area contributed by atoms with Crippen LogP contribution >= 0.6 is 0 Å². The number of carbonyl (C=O) groups is 1. The molecule has 23 heavy (non-hydrogen) atoms. The summed E-state index contributed by atoms with van der Waals surface area (Å²) in [6, 6.07) is 9.61. The summed E-state index contributed by atoms with van der Waals surface area (Å²) in [5.74, 6) is 1.08. The second kappa shape index (κ2) is 6.56. The predicted octanol–water partition coefficient (Wildman–Crippen LogP) is 3.23. The molecule has 1 heterocycles. The minimum absolute atomic E-state index is 0.242. The molecule has 5 nitrogen and oxygen atoms in total. The van der Waals surface area contributed by atoms with Gasteiger partial charge < -0.3 is 20.1 Å². The van der Waals surface area contributed by atoms with E-state index in [9.17, 15) is 9.18 Å². The maximum Gasteiger partial charge on any atom is 0.319 e. The number of anilines is 1. The number of urea groups is 1. The van der Waals surface area contributed by atoms with Crippen molar-refractivity contribution in [3.63, 3.8) is 0 Å². The summed E-state index contributed by atoms with van der Waals surface area (Å²) in [5, 5.41) is 5.39. The number of benzene rings is 2. The molecule has 6 heteroatoms. The number of carbonyl (C=O) groups excluding carboxylic acids is 1. The van der Waals surface area contributed by atoms with Crippen LogP contribution in [-0.4, -0.2) is 19.4 Å². The Balaban J connectivity index is 1.50. The fraction of sp³-hybridized carbons (Fsp3) is 0.235. The van der Waals surface area contributed by atoms with Gasteiger partial charge in [0.2, 0.25) is 6.79 Å². The first-order valence-electron chi connectivity index (χ1n) is 7.31. The Labute approximate surface area is 133 Å². The molecule has 0 aliphatic carbocycles. The van der Waals surface area contributed by atoms with Crippen LogP contribution in [0.2, 0.25) is 0 Å². The summed E-state index contributed by atoms with van der Waals surface area (Å²) in [6.45, 7) is 2.51. The molecule has 0 saturated heterocycles. The van der Waals surface area contributed by atoms with E-state index in [2.05, 4.69) is 10.6 Å². The Morgan fingerprint density at radius 3 is 2.87 bits per heavy atom. The highest BCUT2D eigenvalue weighted by atomic mass is 19.1. The molecular weight excluding hydrogens is 299 g/mol. The topological polar surface area (TPSA) is 59.6 Å². The van der Waals surface area contributed by atoms with Crippen LogP contribution in [0.25, 0.3) is 0 Å². The van der Waals surface area contributed by atoms with E-state index in [1.54, 1.807) is 6.07 Å². The van der Waals surface area contributed by atoms with Gasteiger partial charge in [-0.3, -0.25) is 0 Å². The molecule has 0 radical (unpaired) electrons. The molecule has 0 saturated carbocycles. The van der Waals surface area contributed by atoms with Crippen LogP contribution in [0.1, 0.15) is 11.1 Å². The Morgan fingerprint density at radius 2 is 2.00 bits per heavy atom. The Bertz CT molecular complexity index is 734. The van der Waals surface area contributed by atoms with Crippen LogP contribution in [0, 0.1) is 12.7 Å². The first kappa shape index (κ1) is 15.1. The zero-order valence-corrected chi connectivity index (χ0v) is 12.7. The van der Waals surface area contributed by atoms with Crippen molar-refractivity contribution in [3.05, 3.63) is 53.3 Å². The van der Waals surface area contributed by atoms with E-state index in [1.165, 1.54) is 12.1 Å². The molecule has 2 aromatic carbocycles. The van der Waals surface area contributed by atoms with Gasteiger partial charge in [0.15, 0.2) is 11.5 Å². The fourth-order valence-electron chi connectivity index (χ4n) is 2.31. The molecule has 0 aromatic heterocycles. The van der Waals surface area contributed by atoms with Gasteiger partial charge in [-0.1, -0.05) is 12.1 Å². The molecule has 3 rings (SSSR count). The highest BCUT2D eigenvalue weighted by molar-refractivity contribution is 5.90. The van der Waals surface area contributed by atoms with Gasteiger partial charge in [0.1, 0.15) is 5.82 Å². The van der Waals surface area contributed by atoms with Crippen molar-refractivity contribution in [1.29, 1.82) is 0 Å². The van der Waals surface area contributed by atoms with E-state index in [0.29, 0.717) is 18.7 Å². The van der Waals surface area contributed by atoms with Crippen LogP contribution in [0.5, 0.6) is 11.5 Å². The SMILES string of the molecule is Cc1ccc(F)cc1NC(=O)NCCc1ccc2c(c1)OCO2. The van der Waals surface area contributed by atoms with Gasteiger partial charge in [0.25, 0.3) is 0 Å². The lowest BCUT2D eigenvalue weighted by atomic mass is 10.1. The van der Waals surface area contributed by atoms with Gasteiger partial charge in [-0.25, -0.2) is 9.18 Å². The van der Waals surface area contributed by atoms with E-state index >= 15 is 0 Å². The van der Waals surface area contributed by atoms with Gasteiger partial charge in [0, 0.05) is 12.2 Å². The number of rotatable bonds is 4. The van der Waals surface area contributed by atoms with Crippen LogP contribution in [-0.2, 0) is 6.42 Å². The van der Waals surface area contributed by atoms with Gasteiger partial charge in [-0.2, -0.15) is 0 Å². The molecule has 0 unspecified atom stereocenters. The number of hydrogen-bond acceptors (Lipinski definition) is 3. The van der Waals surface area contributed by atoms with Gasteiger partial charge in [0.05, 0.1) is 0 Å². The molecule has 1 aliphatic heterocycles. The molecule has 2 amide bonds. The maximum atomic E-state index is 13.2. The zero-order valence-electron chi connectivity index (χ0n) is 12.7. The number of halogens is 1. The summed E-state index contributed by atoms with van der Waals surface area (Å²) < 4.78 is 23.7. The number of aryl methyl sites for hydroxylation is 1. The second-order valence-corrected chi connectivity index (χ2v) is 5.28. The quantitative estimate of drug-likeness (QED) is 0.910. The first-order valence-corrected chi connectivity index (χ1v) is 7.31. The van der Waals surface area contributed by atoms with E-state index in [1.807, 2.05) is 25.1 Å². The van der Waals surface area contributed by atoms with Crippen LogP contribution in [0.4, 0.5) is 14.9 Å². The van der Waals surface area contributed by atoms with Gasteiger partial charge >= 0.3 is 6.03 Å². The standard InChI is InChI=1S/C17H17FN2O3/c1-11-2-4-13(18)9-14(11)20-17(21)19-7-6-12-3-5-15-16(8-12)23-10-22-15/h2-5,8-9H,6-7,10H2,1H3,(H2,19,20,21). The van der Waals surface area contributed by atoms with Crippen molar-refractivity contribution < 1.29 is 18.7 Å². The van der Waals surface area contributed by atoms with Crippen molar-refractivity contribution in [2.75, 3.05) is 18.7 Å². The zero-order chi connectivity index (χ0) is 16.2. The van der Waals surface area contributed by atoms with Crippen LogP contribution in [0.3, 0.4) is 0 Å². The molecule has 2 N–H and O–H groups in total. The summed E-state index contributed by atoms with van der Waals surface area (Å²) in [6.07, 6.45) is 0.659. The Kier molecular flexibility index (Phi) is 4.32. The largest absolute Gasteiger partial charge is 0.454 e. The third-order valence-electron chi connectivity index (χ3n) is 3.58. The number of amides is 2. The predicted molar refractivity (Wildman–Crippen MR) is 84.4 cm³/mol. The number of fused-ring (bicyclic) bond motifs is 1. The Morgan fingerprint density at radius 1 is 1.17 bits per heavy atom. The monoisotopic (exact) mass is 316 g/mol. The molecular formula is C17H17FN2O3. The third kappa shape index (κ3) is 3.71. The van der Waals surface area contributed by atoms with Gasteiger partial charge in [-0.05, 0) is 48.7 Å². The van der Waals surface area contributed by atoms with E-state index in [-0.39, 0.29) is 18.6 Å². The molecule has 0 atom stereocenters. The maximum absolute atomic E-state index is 13.2. The number of hydrogen-bond donors (Lipinski definition) is 2. The highest BCUT2D eigenvalue weighted by Crippen LogP contribution is 2.32. The lowest BCUT2D eigenvalue weighted by molar-refractivity contribution is 0.174. The average Bonchev–Trinajstić information content (AvgIpc) is 2.98. The van der Waals surface area contributed by atoms with Crippen molar-refractivity contribution in [3.8, 4) is 11.5 Å². The molecule has 0 spiro atoms. The number of nitrogens with one attached hydrogen (secondary N) is 2. The molecule has 2 aromatic rings. The van der Waals surface area contributed by atoms with Crippen molar-refractivity contribution >= 4 is 11.7 Å². The Hall–Kier alpha value is -2.76. The molecule has 120 valence electrons. The minimum atomic E-state index is -0.383. The lowest BCUT2D eigenvalue weighted by Crippen LogP contribution is -2.30. The minimum Gasteiger partial charge on any atom is -0.454 e. The van der Waals surface area contributed by atoms with Crippen LogP contribution in [0.15, 0.2) is 36.4 Å². The highest BCUT2D eigenvalue weighted by Gasteiger charge is 2.13. The van der Waals surface area contributed by atoms with Crippen molar-refractivity contribution in [2.45, 2.75) is 13.3 Å². The fourth-order valence-corrected chi connectivity index (χ4v) is 2.31. The lowest BCUT2D eigenvalue weighted by Gasteiger charge is -2.10. The second-order valence-electron chi connectivity index (χ2n) is 5.28. The normalized spacial score (nSPS) is 12.1. The summed E-state index contributed by atoms with van der Waals surface area (Å²) in [7, 11) is 0. The van der Waals surface area contributed by atoms with Crippen LogP contribution < -0.4 is 20.1 Å². The molecule has 1 aliphatic rings. The summed E-state index contributed by atoms with van der Waals surface area (Å²) in [5.41, 5.74) is 2.30. The summed E-state index contributed by atoms with van der Waals surface area (Å²) >= 11 is 0. The number of ether oxygens (including phenoxy) is 2. The smallest absolute Gasteiger partial charge is 0.319 e. The van der Waals surface area contributed by atoms with E-state index in [0.717, 1.165) is 22.6 Å². The van der Waals surface area contributed by atoms with E-state index in [4.69, 9.17) is 9.47 Å². The molecule has 0 fully saturated rings. The van der Waals surface area contributed by atoms with E-state index < -0.39 is 0 Å². The third-order valence-corrected chi connectivity index (χ3v) is 3.58. The van der Waals surface area contributed by atoms with Crippen molar-refractivity contribution in [2.24, 2.45) is 0 Å².